The molecule has 0 saturated heterocycles. The molecule has 0 spiro atoms. The summed E-state index contributed by atoms with van der Waals surface area (Å²) < 4.78 is 0. The van der Waals surface area contributed by atoms with Gasteiger partial charge in [-0.3, -0.25) is 4.79 Å². The Balaban J connectivity index is 2.66. The molecule has 17 heavy (non-hydrogen) atoms. The van der Waals surface area contributed by atoms with Gasteiger partial charge < -0.3 is 21.7 Å². The van der Waals surface area contributed by atoms with Gasteiger partial charge >= 0.3 is 0 Å². The molecule has 1 amide bonds. The molecule has 94 valence electrons. The quantitative estimate of drug-likeness (QED) is 0.675. The van der Waals surface area contributed by atoms with E-state index in [2.05, 4.69) is 5.32 Å². The number of amides is 1. The molecule has 0 atom stereocenters. The molecule has 0 aliphatic carbocycles. The summed E-state index contributed by atoms with van der Waals surface area (Å²) in [6.07, 6.45) is 0. The fourth-order valence-electron chi connectivity index (χ4n) is 1.47. The Hall–Kier alpha value is -1.91. The molecule has 0 radical (unpaired) electrons. The average molecular weight is 236 g/mol. The Kier molecular flexibility index (Phi) is 4.20. The molecule has 5 N–H and O–H groups in total. The maximum atomic E-state index is 11.6. The number of carbonyl (C=O) groups excluding carboxylic acids is 1. The summed E-state index contributed by atoms with van der Waals surface area (Å²) in [5.41, 5.74) is 13.3. The lowest BCUT2D eigenvalue weighted by Crippen LogP contribution is -2.38. The second-order valence-electron chi connectivity index (χ2n) is 4.39. The lowest BCUT2D eigenvalue weighted by Gasteiger charge is -2.20. The van der Waals surface area contributed by atoms with Gasteiger partial charge in [0.1, 0.15) is 0 Å². The predicted molar refractivity (Wildman–Crippen MR) is 71.8 cm³/mol. The highest BCUT2D eigenvalue weighted by Crippen LogP contribution is 2.21. The molecule has 1 rings (SSSR count). The van der Waals surface area contributed by atoms with Crippen LogP contribution in [0.5, 0.6) is 0 Å². The SMILES string of the molecule is CC(C)NC(=O)CN(C)c1ccc(N)c(N)c1. The number of hydrogen-bond donors (Lipinski definition) is 3. The second kappa shape index (κ2) is 5.43. The smallest absolute Gasteiger partial charge is 0.239 e. The van der Waals surface area contributed by atoms with Gasteiger partial charge in [-0.2, -0.15) is 0 Å². The Morgan fingerprint density at radius 2 is 2.00 bits per heavy atom. The van der Waals surface area contributed by atoms with E-state index in [1.807, 2.05) is 31.9 Å². The van der Waals surface area contributed by atoms with Gasteiger partial charge in [0, 0.05) is 18.8 Å². The maximum Gasteiger partial charge on any atom is 0.239 e. The van der Waals surface area contributed by atoms with Crippen LogP contribution in [-0.2, 0) is 4.79 Å². The number of nitrogens with two attached hydrogens (primary N) is 2. The number of likely N-dealkylation sites (N-methyl/N-ethyl adjacent to an activating group) is 1. The number of nitrogen functional groups attached to an aromatic ring is 2. The minimum absolute atomic E-state index is 0.0158. The number of nitrogens with zero attached hydrogens (tertiary/aromatic N) is 1. The van der Waals surface area contributed by atoms with Gasteiger partial charge in [-0.25, -0.2) is 0 Å². The topological polar surface area (TPSA) is 84.4 Å². The highest BCUT2D eigenvalue weighted by atomic mass is 16.2. The van der Waals surface area contributed by atoms with Crippen molar-refractivity contribution in [3.63, 3.8) is 0 Å². The van der Waals surface area contributed by atoms with E-state index < -0.39 is 0 Å². The van der Waals surface area contributed by atoms with Crippen LogP contribution in [0.15, 0.2) is 18.2 Å². The Morgan fingerprint density at radius 1 is 1.35 bits per heavy atom. The molecule has 0 aromatic heterocycles. The number of hydrogen-bond acceptors (Lipinski definition) is 4. The highest BCUT2D eigenvalue weighted by molar-refractivity contribution is 5.82. The van der Waals surface area contributed by atoms with E-state index >= 15 is 0 Å². The fourth-order valence-corrected chi connectivity index (χ4v) is 1.47. The van der Waals surface area contributed by atoms with Crippen LogP contribution < -0.4 is 21.7 Å². The number of nitrogens with one attached hydrogen (secondary N) is 1. The molecule has 0 unspecified atom stereocenters. The first-order chi connectivity index (χ1) is 7.90. The zero-order valence-electron chi connectivity index (χ0n) is 10.5. The molecule has 0 bridgehead atoms. The van der Waals surface area contributed by atoms with Gasteiger partial charge in [-0.15, -0.1) is 0 Å². The molecule has 0 saturated carbocycles. The first kappa shape index (κ1) is 13.2. The summed E-state index contributed by atoms with van der Waals surface area (Å²) in [7, 11) is 1.84. The van der Waals surface area contributed by atoms with Crippen LogP contribution in [0.3, 0.4) is 0 Å². The number of anilines is 3. The monoisotopic (exact) mass is 236 g/mol. The molecular weight excluding hydrogens is 216 g/mol. The summed E-state index contributed by atoms with van der Waals surface area (Å²) in [4.78, 5) is 13.4. The number of rotatable bonds is 4. The number of carbonyl (C=O) groups is 1. The molecule has 0 aliphatic rings. The van der Waals surface area contributed by atoms with Crippen molar-refractivity contribution < 1.29 is 4.79 Å². The first-order valence-electron chi connectivity index (χ1n) is 5.55. The minimum Gasteiger partial charge on any atom is -0.397 e. The zero-order valence-corrected chi connectivity index (χ0v) is 10.5. The first-order valence-corrected chi connectivity index (χ1v) is 5.55. The minimum atomic E-state index is -0.0158. The van der Waals surface area contributed by atoms with Crippen LogP contribution in [0.25, 0.3) is 0 Å². The highest BCUT2D eigenvalue weighted by Gasteiger charge is 2.09. The van der Waals surface area contributed by atoms with Crippen molar-refractivity contribution in [1.29, 1.82) is 0 Å². The predicted octanol–water partition coefficient (Wildman–Crippen LogP) is 0.812. The van der Waals surface area contributed by atoms with E-state index in [0.717, 1.165) is 5.69 Å². The van der Waals surface area contributed by atoms with Gasteiger partial charge in [0.2, 0.25) is 5.91 Å². The third-order valence-electron chi connectivity index (χ3n) is 2.34. The van der Waals surface area contributed by atoms with E-state index in [-0.39, 0.29) is 11.9 Å². The molecule has 1 aromatic rings. The van der Waals surface area contributed by atoms with Crippen LogP contribution in [0, 0.1) is 0 Å². The molecule has 1 aromatic carbocycles. The van der Waals surface area contributed by atoms with Gasteiger partial charge in [0.25, 0.3) is 0 Å². The van der Waals surface area contributed by atoms with Gasteiger partial charge in [0.15, 0.2) is 0 Å². The second-order valence-corrected chi connectivity index (χ2v) is 4.39. The number of benzene rings is 1. The van der Waals surface area contributed by atoms with E-state index in [1.54, 1.807) is 12.1 Å². The van der Waals surface area contributed by atoms with Crippen molar-refractivity contribution in [2.45, 2.75) is 19.9 Å². The van der Waals surface area contributed by atoms with Crippen molar-refractivity contribution in [2.75, 3.05) is 30.0 Å². The van der Waals surface area contributed by atoms with Crippen LogP contribution in [0.2, 0.25) is 0 Å². The fraction of sp³-hybridized carbons (Fsp3) is 0.417. The molecule has 0 heterocycles. The van der Waals surface area contributed by atoms with E-state index in [1.165, 1.54) is 0 Å². The molecule has 5 heteroatoms. The van der Waals surface area contributed by atoms with Gasteiger partial charge in [-0.05, 0) is 32.0 Å². The molecule has 0 fully saturated rings. The summed E-state index contributed by atoms with van der Waals surface area (Å²) in [5.74, 6) is -0.0158. The van der Waals surface area contributed by atoms with Crippen molar-refractivity contribution in [3.8, 4) is 0 Å². The Bertz CT molecular complexity index is 403. The normalized spacial score (nSPS) is 10.4. The van der Waals surface area contributed by atoms with Crippen molar-refractivity contribution in [2.24, 2.45) is 0 Å². The average Bonchev–Trinajstić information content (AvgIpc) is 2.20. The van der Waals surface area contributed by atoms with Gasteiger partial charge in [-0.1, -0.05) is 0 Å². The zero-order chi connectivity index (χ0) is 13.0. The standard InChI is InChI=1S/C12H20N4O/c1-8(2)15-12(17)7-16(3)9-4-5-10(13)11(14)6-9/h4-6,8H,7,13-14H2,1-3H3,(H,15,17). The van der Waals surface area contributed by atoms with Crippen LogP contribution in [-0.4, -0.2) is 25.5 Å². The van der Waals surface area contributed by atoms with Crippen molar-refractivity contribution in [3.05, 3.63) is 18.2 Å². The molecular formula is C12H20N4O. The van der Waals surface area contributed by atoms with Gasteiger partial charge in [0.05, 0.1) is 17.9 Å². The lowest BCUT2D eigenvalue weighted by molar-refractivity contribution is -0.120. The summed E-state index contributed by atoms with van der Waals surface area (Å²) >= 11 is 0. The van der Waals surface area contributed by atoms with Crippen molar-refractivity contribution >= 4 is 23.0 Å². The summed E-state index contributed by atoms with van der Waals surface area (Å²) in [6.45, 7) is 4.15. The molecule has 0 aliphatic heterocycles. The van der Waals surface area contributed by atoms with Crippen molar-refractivity contribution in [1.82, 2.24) is 5.32 Å². The Morgan fingerprint density at radius 3 is 2.53 bits per heavy atom. The third-order valence-corrected chi connectivity index (χ3v) is 2.34. The van der Waals surface area contributed by atoms with E-state index in [4.69, 9.17) is 11.5 Å². The van der Waals surface area contributed by atoms with Crippen LogP contribution >= 0.6 is 0 Å². The van der Waals surface area contributed by atoms with E-state index in [0.29, 0.717) is 17.9 Å². The Labute approximate surface area is 102 Å². The van der Waals surface area contributed by atoms with Crippen LogP contribution in [0.4, 0.5) is 17.1 Å². The lowest BCUT2D eigenvalue weighted by atomic mass is 10.2. The third kappa shape index (κ3) is 3.86. The largest absolute Gasteiger partial charge is 0.397 e. The maximum absolute atomic E-state index is 11.6. The summed E-state index contributed by atoms with van der Waals surface area (Å²) in [5, 5.41) is 2.83. The van der Waals surface area contributed by atoms with E-state index in [9.17, 15) is 4.79 Å². The molecule has 5 nitrogen and oxygen atoms in total. The van der Waals surface area contributed by atoms with Crippen LogP contribution in [0.1, 0.15) is 13.8 Å². The summed E-state index contributed by atoms with van der Waals surface area (Å²) in [6, 6.07) is 5.49.